The van der Waals surface area contributed by atoms with Crippen molar-refractivity contribution in [2.75, 3.05) is 13.7 Å². The van der Waals surface area contributed by atoms with E-state index < -0.39 is 0 Å². The van der Waals surface area contributed by atoms with Gasteiger partial charge in [-0.1, -0.05) is 6.32 Å². The second-order valence-electron chi connectivity index (χ2n) is 3.18. The van der Waals surface area contributed by atoms with E-state index in [-0.39, 0.29) is 0 Å². The molecule has 0 fully saturated rings. The van der Waals surface area contributed by atoms with Gasteiger partial charge in [-0.2, -0.15) is 5.26 Å². The van der Waals surface area contributed by atoms with Crippen molar-refractivity contribution in [3.05, 3.63) is 23.8 Å². The van der Waals surface area contributed by atoms with Gasteiger partial charge in [0.25, 0.3) is 0 Å². The maximum Gasteiger partial charge on any atom is 0.162 e. The summed E-state index contributed by atoms with van der Waals surface area (Å²) < 4.78 is 10.7. The van der Waals surface area contributed by atoms with Gasteiger partial charge in [0.05, 0.1) is 25.3 Å². The normalized spacial score (nSPS) is 9.33. The Bertz CT molecular complexity index is 360. The van der Waals surface area contributed by atoms with E-state index in [1.807, 2.05) is 0 Å². The topological polar surface area (TPSA) is 42.2 Å². The number of nitriles is 1. The van der Waals surface area contributed by atoms with Crippen molar-refractivity contribution in [1.82, 2.24) is 0 Å². The van der Waals surface area contributed by atoms with Crippen molar-refractivity contribution in [3.63, 3.8) is 0 Å². The third-order valence-corrected chi connectivity index (χ3v) is 2.05. The van der Waals surface area contributed by atoms with Crippen LogP contribution in [-0.4, -0.2) is 21.6 Å². The zero-order valence-corrected chi connectivity index (χ0v) is 9.12. The van der Waals surface area contributed by atoms with Crippen molar-refractivity contribution >= 4 is 7.85 Å². The SMILES string of the molecule is BCCCOc1ccc(C#N)cc1OC. The van der Waals surface area contributed by atoms with Crippen molar-refractivity contribution in [2.45, 2.75) is 12.7 Å². The van der Waals surface area contributed by atoms with E-state index in [9.17, 15) is 0 Å². The fraction of sp³-hybridized carbons (Fsp3) is 0.364. The highest BCUT2D eigenvalue weighted by Crippen LogP contribution is 2.27. The second-order valence-corrected chi connectivity index (χ2v) is 3.18. The zero-order chi connectivity index (χ0) is 11.1. The Labute approximate surface area is 91.0 Å². The van der Waals surface area contributed by atoms with Crippen LogP contribution >= 0.6 is 0 Å². The molecule has 0 spiro atoms. The van der Waals surface area contributed by atoms with Crippen LogP contribution in [0.5, 0.6) is 11.5 Å². The quantitative estimate of drug-likeness (QED) is 0.536. The Hall–Kier alpha value is -1.63. The average molecular weight is 203 g/mol. The average Bonchev–Trinajstić information content (AvgIpc) is 2.29. The monoisotopic (exact) mass is 203 g/mol. The molecule has 0 aliphatic carbocycles. The predicted molar refractivity (Wildman–Crippen MR) is 61.2 cm³/mol. The molecule has 1 aromatic rings. The van der Waals surface area contributed by atoms with Gasteiger partial charge in [-0.3, -0.25) is 0 Å². The Morgan fingerprint density at radius 3 is 2.80 bits per heavy atom. The van der Waals surface area contributed by atoms with Gasteiger partial charge in [0, 0.05) is 6.07 Å². The summed E-state index contributed by atoms with van der Waals surface area (Å²) in [5.41, 5.74) is 0.578. The molecule has 4 heteroatoms. The Balaban J connectivity index is 2.75. The molecule has 0 unspecified atom stereocenters. The van der Waals surface area contributed by atoms with Crippen molar-refractivity contribution in [2.24, 2.45) is 0 Å². The van der Waals surface area contributed by atoms with E-state index in [0.717, 1.165) is 12.7 Å². The largest absolute Gasteiger partial charge is 0.493 e. The fourth-order valence-corrected chi connectivity index (χ4v) is 1.18. The lowest BCUT2D eigenvalue weighted by Gasteiger charge is -2.10. The molecule has 0 bridgehead atoms. The van der Waals surface area contributed by atoms with Crippen LogP contribution in [0.1, 0.15) is 12.0 Å². The minimum Gasteiger partial charge on any atom is -0.493 e. The molecular formula is C11H14BNO2. The molecule has 1 rings (SSSR count). The van der Waals surface area contributed by atoms with E-state index in [1.54, 1.807) is 25.3 Å². The van der Waals surface area contributed by atoms with Crippen LogP contribution in [0.15, 0.2) is 18.2 Å². The summed E-state index contributed by atoms with van der Waals surface area (Å²) in [6, 6.07) is 7.24. The van der Waals surface area contributed by atoms with Gasteiger partial charge in [-0.15, -0.1) is 0 Å². The van der Waals surface area contributed by atoms with Gasteiger partial charge in [-0.05, 0) is 18.6 Å². The Morgan fingerprint density at radius 2 is 2.20 bits per heavy atom. The molecule has 15 heavy (non-hydrogen) atoms. The highest BCUT2D eigenvalue weighted by atomic mass is 16.5. The molecule has 0 atom stereocenters. The lowest BCUT2D eigenvalue weighted by Crippen LogP contribution is -1.99. The first-order chi connectivity index (χ1) is 7.31. The van der Waals surface area contributed by atoms with Crippen LogP contribution in [0.4, 0.5) is 0 Å². The minimum absolute atomic E-state index is 0.578. The van der Waals surface area contributed by atoms with Gasteiger partial charge < -0.3 is 9.47 Å². The minimum atomic E-state index is 0.578. The summed E-state index contributed by atoms with van der Waals surface area (Å²) in [7, 11) is 3.68. The molecule has 0 radical (unpaired) electrons. The molecular weight excluding hydrogens is 189 g/mol. The van der Waals surface area contributed by atoms with E-state index in [2.05, 4.69) is 13.9 Å². The van der Waals surface area contributed by atoms with Gasteiger partial charge in [0.1, 0.15) is 7.85 Å². The second kappa shape index (κ2) is 5.97. The van der Waals surface area contributed by atoms with Gasteiger partial charge >= 0.3 is 0 Å². The first-order valence-electron chi connectivity index (χ1n) is 5.02. The van der Waals surface area contributed by atoms with Crippen molar-refractivity contribution < 1.29 is 9.47 Å². The number of methoxy groups -OCH3 is 1. The number of hydrogen-bond donors (Lipinski definition) is 0. The first-order valence-corrected chi connectivity index (χ1v) is 5.02. The summed E-state index contributed by atoms with van der Waals surface area (Å²) in [6.07, 6.45) is 2.11. The highest BCUT2D eigenvalue weighted by Gasteiger charge is 2.04. The standard InChI is InChI=1S/C11H14BNO2/c1-14-11-7-9(8-13)3-4-10(11)15-6-2-5-12/h3-4,7H,2,5-6,12H2,1H3. The number of nitrogens with zero attached hydrogens (tertiary/aromatic N) is 1. The van der Waals surface area contributed by atoms with Crippen molar-refractivity contribution in [1.29, 1.82) is 5.26 Å². The molecule has 0 aliphatic heterocycles. The third kappa shape index (κ3) is 3.21. The van der Waals surface area contributed by atoms with Crippen LogP contribution in [0.3, 0.4) is 0 Å². The lowest BCUT2D eigenvalue weighted by molar-refractivity contribution is 0.294. The smallest absolute Gasteiger partial charge is 0.162 e. The predicted octanol–water partition coefficient (Wildman–Crippen LogP) is 1.39. The third-order valence-electron chi connectivity index (χ3n) is 2.05. The molecule has 0 aliphatic rings. The highest BCUT2D eigenvalue weighted by molar-refractivity contribution is 6.08. The van der Waals surface area contributed by atoms with E-state index in [0.29, 0.717) is 23.7 Å². The molecule has 0 heterocycles. The number of rotatable bonds is 5. The fourth-order valence-electron chi connectivity index (χ4n) is 1.18. The maximum atomic E-state index is 8.72. The summed E-state index contributed by atoms with van der Waals surface area (Å²) in [5.74, 6) is 1.31. The van der Waals surface area contributed by atoms with Gasteiger partial charge in [0.2, 0.25) is 0 Å². The lowest BCUT2D eigenvalue weighted by atomic mass is 10.0. The molecule has 0 aromatic heterocycles. The molecule has 0 amide bonds. The summed E-state index contributed by atoms with van der Waals surface area (Å²) in [5, 5.41) is 8.72. The molecule has 0 saturated heterocycles. The maximum absolute atomic E-state index is 8.72. The van der Waals surface area contributed by atoms with Crippen LogP contribution in [0, 0.1) is 11.3 Å². The molecule has 3 nitrogen and oxygen atoms in total. The first kappa shape index (κ1) is 11.4. The number of ether oxygens (including phenoxy) is 2. The molecule has 78 valence electrons. The molecule has 1 aromatic carbocycles. The van der Waals surface area contributed by atoms with E-state index in [1.165, 1.54) is 0 Å². The van der Waals surface area contributed by atoms with Crippen LogP contribution in [-0.2, 0) is 0 Å². The van der Waals surface area contributed by atoms with E-state index >= 15 is 0 Å². The Morgan fingerprint density at radius 1 is 1.40 bits per heavy atom. The molecule has 0 N–H and O–H groups in total. The summed E-state index contributed by atoms with van der Waals surface area (Å²) >= 11 is 0. The molecule has 0 saturated carbocycles. The van der Waals surface area contributed by atoms with Gasteiger partial charge in [-0.25, -0.2) is 0 Å². The van der Waals surface area contributed by atoms with Crippen molar-refractivity contribution in [3.8, 4) is 17.6 Å². The van der Waals surface area contributed by atoms with Crippen LogP contribution in [0.25, 0.3) is 0 Å². The van der Waals surface area contributed by atoms with Crippen LogP contribution < -0.4 is 9.47 Å². The van der Waals surface area contributed by atoms with Gasteiger partial charge in [0.15, 0.2) is 11.5 Å². The summed E-state index contributed by atoms with van der Waals surface area (Å²) in [4.78, 5) is 0. The number of benzene rings is 1. The Kier molecular flexibility index (Phi) is 4.56. The number of hydrogen-bond acceptors (Lipinski definition) is 3. The summed E-state index contributed by atoms with van der Waals surface area (Å²) in [6.45, 7) is 0.679. The van der Waals surface area contributed by atoms with E-state index in [4.69, 9.17) is 14.7 Å². The zero-order valence-electron chi connectivity index (χ0n) is 9.12. The van der Waals surface area contributed by atoms with Crippen LogP contribution in [0.2, 0.25) is 6.32 Å².